The van der Waals surface area contributed by atoms with Crippen molar-refractivity contribution < 1.29 is 23.9 Å². The Morgan fingerprint density at radius 3 is 2.56 bits per heavy atom. The highest BCUT2D eigenvalue weighted by molar-refractivity contribution is 6.40. The number of carbonyl (C=O) groups excluding carboxylic acids is 3. The van der Waals surface area contributed by atoms with Crippen LogP contribution in [-0.2, 0) is 27.2 Å². The molecule has 18 heavy (non-hydrogen) atoms. The number of aromatic nitrogens is 1. The molecule has 0 fully saturated rings. The Morgan fingerprint density at radius 1 is 1.22 bits per heavy atom. The molecule has 0 radical (unpaired) electrons. The summed E-state index contributed by atoms with van der Waals surface area (Å²) in [6.07, 6.45) is 1.53. The predicted molar refractivity (Wildman–Crippen MR) is 60.4 cm³/mol. The predicted octanol–water partition coefficient (Wildman–Crippen LogP) is 0.577. The molecule has 0 saturated heterocycles. The van der Waals surface area contributed by atoms with Crippen molar-refractivity contribution in [3.63, 3.8) is 0 Å². The van der Waals surface area contributed by atoms with Crippen LogP contribution >= 0.6 is 0 Å². The van der Waals surface area contributed by atoms with Crippen molar-refractivity contribution in [3.05, 3.63) is 23.0 Å². The summed E-state index contributed by atoms with van der Waals surface area (Å²) in [5.41, 5.74) is 1.28. The molecule has 0 aliphatic carbocycles. The summed E-state index contributed by atoms with van der Waals surface area (Å²) in [4.78, 5) is 34.7. The van der Waals surface area contributed by atoms with Gasteiger partial charge in [0.2, 0.25) is 0 Å². The van der Waals surface area contributed by atoms with Crippen molar-refractivity contribution in [2.24, 2.45) is 0 Å². The first-order valence-corrected chi connectivity index (χ1v) is 5.53. The van der Waals surface area contributed by atoms with Gasteiger partial charge in [0.15, 0.2) is 0 Å². The lowest BCUT2D eigenvalue weighted by atomic mass is 10.1. The van der Waals surface area contributed by atoms with Crippen molar-refractivity contribution in [3.8, 4) is 0 Å². The molecule has 0 aromatic carbocycles. The van der Waals surface area contributed by atoms with Crippen LogP contribution < -0.4 is 0 Å². The van der Waals surface area contributed by atoms with E-state index in [1.54, 1.807) is 4.57 Å². The average Bonchev–Trinajstić information content (AvgIpc) is 2.97. The van der Waals surface area contributed by atoms with Gasteiger partial charge < -0.3 is 14.0 Å². The lowest BCUT2D eigenvalue weighted by Gasteiger charge is -2.03. The Labute approximate surface area is 103 Å². The molecule has 1 aromatic rings. The number of Topliss-reactive ketones (excluding diaryl/α,β-unsaturated/α-hetero) is 1. The first-order valence-electron chi connectivity index (χ1n) is 5.53. The molecule has 0 saturated carbocycles. The molecule has 2 heterocycles. The van der Waals surface area contributed by atoms with Crippen LogP contribution in [0.5, 0.6) is 0 Å². The number of carbonyl (C=O) groups is 3. The molecular formula is C12H13NO5. The highest BCUT2D eigenvalue weighted by atomic mass is 16.5. The second-order valence-electron chi connectivity index (χ2n) is 3.96. The molecular weight excluding hydrogens is 238 g/mol. The molecule has 0 N–H and O–H groups in total. The van der Waals surface area contributed by atoms with Crippen LogP contribution in [0.4, 0.5) is 0 Å². The highest BCUT2D eigenvalue weighted by Gasteiger charge is 2.30. The van der Waals surface area contributed by atoms with Crippen molar-refractivity contribution >= 4 is 17.7 Å². The number of rotatable bonds is 3. The van der Waals surface area contributed by atoms with Crippen molar-refractivity contribution in [1.29, 1.82) is 0 Å². The topological polar surface area (TPSA) is 74.6 Å². The molecule has 1 aliphatic rings. The van der Waals surface area contributed by atoms with Crippen molar-refractivity contribution in [1.82, 2.24) is 4.57 Å². The van der Waals surface area contributed by atoms with E-state index in [0.29, 0.717) is 18.5 Å². The number of methoxy groups -OCH3 is 2. The SMILES string of the molecule is COC(=O)C(=O)c1cc(C(=O)OC)c2n1CCC2. The van der Waals surface area contributed by atoms with Gasteiger partial charge >= 0.3 is 11.9 Å². The maximum absolute atomic E-state index is 11.8. The minimum atomic E-state index is -0.932. The van der Waals surface area contributed by atoms with E-state index in [1.165, 1.54) is 13.2 Å². The van der Waals surface area contributed by atoms with E-state index in [9.17, 15) is 14.4 Å². The van der Waals surface area contributed by atoms with Crippen LogP contribution in [0.2, 0.25) is 0 Å². The Balaban J connectivity index is 2.47. The van der Waals surface area contributed by atoms with Crippen molar-refractivity contribution in [2.45, 2.75) is 19.4 Å². The Bertz CT molecular complexity index is 529. The minimum Gasteiger partial charge on any atom is -0.465 e. The lowest BCUT2D eigenvalue weighted by molar-refractivity contribution is -0.135. The van der Waals surface area contributed by atoms with Crippen LogP contribution in [0.25, 0.3) is 0 Å². The summed E-state index contributed by atoms with van der Waals surface area (Å²) in [5.74, 6) is -2.17. The van der Waals surface area contributed by atoms with Gasteiger partial charge in [0, 0.05) is 12.2 Å². The second kappa shape index (κ2) is 4.64. The minimum absolute atomic E-state index is 0.190. The average molecular weight is 251 g/mol. The fourth-order valence-corrected chi connectivity index (χ4v) is 2.19. The van der Waals surface area contributed by atoms with Gasteiger partial charge in [0.05, 0.1) is 25.5 Å². The molecule has 1 aromatic heterocycles. The normalized spacial score (nSPS) is 13.0. The number of ketones is 1. The number of nitrogens with zero attached hydrogens (tertiary/aromatic N) is 1. The smallest absolute Gasteiger partial charge is 0.381 e. The van der Waals surface area contributed by atoms with Crippen molar-refractivity contribution in [2.75, 3.05) is 14.2 Å². The largest absolute Gasteiger partial charge is 0.465 e. The number of hydrogen-bond acceptors (Lipinski definition) is 5. The standard InChI is InChI=1S/C12H13NO5/c1-17-11(15)7-6-9(10(14)12(16)18-2)13-5-3-4-8(7)13/h6H,3-5H2,1-2H3. The van der Waals surface area contributed by atoms with E-state index < -0.39 is 17.7 Å². The van der Waals surface area contributed by atoms with Gasteiger partial charge in [-0.25, -0.2) is 9.59 Å². The van der Waals surface area contributed by atoms with Gasteiger partial charge in [-0.05, 0) is 18.9 Å². The molecule has 96 valence electrons. The molecule has 0 bridgehead atoms. The van der Waals surface area contributed by atoms with Gasteiger partial charge in [0.1, 0.15) is 0 Å². The van der Waals surface area contributed by atoms with E-state index in [0.717, 1.165) is 19.2 Å². The van der Waals surface area contributed by atoms with Gasteiger partial charge in [-0.1, -0.05) is 0 Å². The summed E-state index contributed by atoms with van der Waals surface area (Å²) in [6, 6.07) is 1.40. The second-order valence-corrected chi connectivity index (χ2v) is 3.96. The molecule has 0 spiro atoms. The molecule has 2 rings (SSSR count). The van der Waals surface area contributed by atoms with Gasteiger partial charge in [-0.3, -0.25) is 4.79 Å². The number of fused-ring (bicyclic) bond motifs is 1. The zero-order chi connectivity index (χ0) is 13.3. The van der Waals surface area contributed by atoms with Crippen LogP contribution in [0.3, 0.4) is 0 Å². The van der Waals surface area contributed by atoms with Gasteiger partial charge in [-0.15, -0.1) is 0 Å². The Kier molecular flexibility index (Phi) is 3.18. The van der Waals surface area contributed by atoms with Gasteiger partial charge in [0.25, 0.3) is 5.78 Å². The molecule has 0 amide bonds. The van der Waals surface area contributed by atoms with E-state index in [1.807, 2.05) is 0 Å². The molecule has 6 heteroatoms. The molecule has 6 nitrogen and oxygen atoms in total. The fourth-order valence-electron chi connectivity index (χ4n) is 2.19. The van der Waals surface area contributed by atoms with E-state index in [-0.39, 0.29) is 5.69 Å². The summed E-state index contributed by atoms with van der Waals surface area (Å²) < 4.78 is 10.8. The van der Waals surface area contributed by atoms with Crippen LogP contribution in [0.15, 0.2) is 6.07 Å². The first-order chi connectivity index (χ1) is 8.60. The first kappa shape index (κ1) is 12.3. The van der Waals surface area contributed by atoms with E-state index in [2.05, 4.69) is 9.47 Å². The molecule has 0 unspecified atom stereocenters. The van der Waals surface area contributed by atoms with Crippen LogP contribution in [0.1, 0.15) is 33.0 Å². The number of ether oxygens (including phenoxy) is 2. The Hall–Kier alpha value is -2.11. The zero-order valence-electron chi connectivity index (χ0n) is 10.2. The maximum Gasteiger partial charge on any atom is 0.381 e. The third-order valence-corrected chi connectivity index (χ3v) is 3.01. The maximum atomic E-state index is 11.8. The summed E-state index contributed by atoms with van der Waals surface area (Å²) in [7, 11) is 2.43. The summed E-state index contributed by atoms with van der Waals surface area (Å²) in [6.45, 7) is 0.615. The third kappa shape index (κ3) is 1.79. The zero-order valence-corrected chi connectivity index (χ0v) is 10.2. The molecule has 1 aliphatic heterocycles. The van der Waals surface area contributed by atoms with E-state index in [4.69, 9.17) is 0 Å². The monoisotopic (exact) mass is 251 g/mol. The quantitative estimate of drug-likeness (QED) is 0.446. The van der Waals surface area contributed by atoms with Crippen LogP contribution in [0, 0.1) is 0 Å². The summed E-state index contributed by atoms with van der Waals surface area (Å²) >= 11 is 0. The van der Waals surface area contributed by atoms with E-state index >= 15 is 0 Å². The lowest BCUT2D eigenvalue weighted by Crippen LogP contribution is -2.19. The van der Waals surface area contributed by atoms with Gasteiger partial charge in [-0.2, -0.15) is 0 Å². The Morgan fingerprint density at radius 2 is 1.94 bits per heavy atom. The van der Waals surface area contributed by atoms with Crippen LogP contribution in [-0.4, -0.2) is 36.5 Å². The number of esters is 2. The summed E-state index contributed by atoms with van der Waals surface area (Å²) in [5, 5.41) is 0. The number of hydrogen-bond donors (Lipinski definition) is 0. The fraction of sp³-hybridized carbons (Fsp3) is 0.417. The third-order valence-electron chi connectivity index (χ3n) is 3.01. The highest BCUT2D eigenvalue weighted by Crippen LogP contribution is 2.25. The molecule has 0 atom stereocenters.